The highest BCUT2D eigenvalue weighted by Gasteiger charge is 2.18. The number of carbonyl (C=O) groups is 1. The molecule has 7 heteroatoms. The van der Waals surface area contributed by atoms with Crippen molar-refractivity contribution in [1.82, 2.24) is 5.32 Å². The first-order valence-corrected chi connectivity index (χ1v) is 7.47. The molecule has 1 aromatic rings. The van der Waals surface area contributed by atoms with E-state index in [1.54, 1.807) is 18.2 Å². The number of benzene rings is 1. The van der Waals surface area contributed by atoms with Crippen LogP contribution in [0.15, 0.2) is 24.3 Å². The summed E-state index contributed by atoms with van der Waals surface area (Å²) in [5.74, 6) is -0.550. The Labute approximate surface area is 111 Å². The second kappa shape index (κ2) is 6.06. The maximum Gasteiger partial charge on any atom is 0.251 e. The van der Waals surface area contributed by atoms with Crippen LogP contribution in [-0.2, 0) is 9.84 Å². The summed E-state index contributed by atoms with van der Waals surface area (Å²) in [5, 5.41) is 2.50. The Morgan fingerprint density at radius 2 is 2.17 bits per heavy atom. The Kier molecular flexibility index (Phi) is 4.98. The van der Waals surface area contributed by atoms with E-state index in [1.807, 2.05) is 0 Å². The average Bonchev–Trinajstić information content (AvgIpc) is 2.28. The van der Waals surface area contributed by atoms with Gasteiger partial charge in [-0.3, -0.25) is 4.79 Å². The van der Waals surface area contributed by atoms with Crippen LogP contribution in [0, 0.1) is 0 Å². The van der Waals surface area contributed by atoms with Gasteiger partial charge in [0.25, 0.3) is 5.91 Å². The maximum absolute atomic E-state index is 11.7. The van der Waals surface area contributed by atoms with Crippen LogP contribution in [0.3, 0.4) is 0 Å². The van der Waals surface area contributed by atoms with Crippen molar-refractivity contribution in [2.45, 2.75) is 11.6 Å². The third-order valence-corrected chi connectivity index (χ3v) is 4.89. The van der Waals surface area contributed by atoms with Gasteiger partial charge in [-0.1, -0.05) is 6.07 Å². The number of halogens is 1. The molecule has 3 N–H and O–H groups in total. The predicted molar refractivity (Wildman–Crippen MR) is 72.3 cm³/mol. The molecule has 0 radical (unpaired) electrons. The molecule has 0 aliphatic carbocycles. The molecule has 0 bridgehead atoms. The molecular weight excluding hydrogens is 276 g/mol. The number of nitrogens with two attached hydrogens (primary N) is 1. The number of alkyl halides is 1. The molecule has 1 atom stereocenters. The van der Waals surface area contributed by atoms with E-state index in [9.17, 15) is 13.2 Å². The first kappa shape index (κ1) is 14.8. The van der Waals surface area contributed by atoms with E-state index in [0.29, 0.717) is 11.3 Å². The molecule has 0 saturated carbocycles. The summed E-state index contributed by atoms with van der Waals surface area (Å²) in [6.07, 6.45) is 0. The van der Waals surface area contributed by atoms with Crippen LogP contribution in [0.25, 0.3) is 0 Å². The fourth-order valence-electron chi connectivity index (χ4n) is 1.25. The molecule has 0 aromatic heterocycles. The summed E-state index contributed by atoms with van der Waals surface area (Å²) in [6, 6.07) is 6.44. The number of rotatable bonds is 5. The topological polar surface area (TPSA) is 89.3 Å². The number of hydrogen-bond donors (Lipinski definition) is 2. The van der Waals surface area contributed by atoms with Gasteiger partial charge in [0.05, 0.1) is 5.75 Å². The normalized spacial score (nSPS) is 13.0. The molecule has 1 aromatic carbocycles. The highest BCUT2D eigenvalue weighted by molar-refractivity contribution is 7.93. The van der Waals surface area contributed by atoms with Gasteiger partial charge in [-0.15, -0.1) is 11.6 Å². The molecule has 0 spiro atoms. The molecule has 5 nitrogen and oxygen atoms in total. The van der Waals surface area contributed by atoms with Gasteiger partial charge in [0, 0.05) is 17.8 Å². The quantitative estimate of drug-likeness (QED) is 0.625. The number of nitrogen functional groups attached to an aromatic ring is 1. The number of hydrogen-bond acceptors (Lipinski definition) is 4. The molecule has 100 valence electrons. The van der Waals surface area contributed by atoms with Gasteiger partial charge in [-0.2, -0.15) is 0 Å². The van der Waals surface area contributed by atoms with E-state index < -0.39 is 14.5 Å². The molecule has 1 rings (SSSR count). The third-order valence-electron chi connectivity index (χ3n) is 2.32. The number of nitrogens with one attached hydrogen (secondary N) is 1. The Morgan fingerprint density at radius 3 is 2.72 bits per heavy atom. The smallest absolute Gasteiger partial charge is 0.251 e. The summed E-state index contributed by atoms with van der Waals surface area (Å²) < 4.78 is 21.8. The molecule has 0 heterocycles. The summed E-state index contributed by atoms with van der Waals surface area (Å²) in [7, 11) is -3.36. The highest BCUT2D eigenvalue weighted by Crippen LogP contribution is 2.07. The molecule has 18 heavy (non-hydrogen) atoms. The van der Waals surface area contributed by atoms with Crippen molar-refractivity contribution in [1.29, 1.82) is 0 Å². The van der Waals surface area contributed by atoms with E-state index in [1.165, 1.54) is 13.0 Å². The lowest BCUT2D eigenvalue weighted by Gasteiger charge is -2.08. The molecule has 0 aliphatic rings. The fraction of sp³-hybridized carbons (Fsp3) is 0.364. The number of sulfone groups is 1. The third kappa shape index (κ3) is 4.19. The second-order valence-electron chi connectivity index (χ2n) is 3.79. The van der Waals surface area contributed by atoms with Crippen molar-refractivity contribution in [3.8, 4) is 0 Å². The van der Waals surface area contributed by atoms with E-state index in [0.717, 1.165) is 0 Å². The molecule has 1 amide bonds. The number of amides is 1. The Balaban J connectivity index is 2.53. The number of anilines is 1. The minimum Gasteiger partial charge on any atom is -0.399 e. The van der Waals surface area contributed by atoms with Crippen LogP contribution < -0.4 is 11.1 Å². The van der Waals surface area contributed by atoms with Gasteiger partial charge in [-0.05, 0) is 25.1 Å². The number of carbonyl (C=O) groups excluding carboxylic acids is 1. The maximum atomic E-state index is 11.7. The van der Waals surface area contributed by atoms with E-state index in [2.05, 4.69) is 5.32 Å². The molecule has 0 saturated heterocycles. The largest absolute Gasteiger partial charge is 0.399 e. The lowest BCUT2D eigenvalue weighted by atomic mass is 10.2. The minimum absolute atomic E-state index is 0.0209. The van der Waals surface area contributed by atoms with Crippen LogP contribution in [-0.4, -0.2) is 31.3 Å². The van der Waals surface area contributed by atoms with Crippen LogP contribution in [0.2, 0.25) is 0 Å². The Hall–Kier alpha value is -1.27. The van der Waals surface area contributed by atoms with Crippen LogP contribution in [0.4, 0.5) is 5.69 Å². The monoisotopic (exact) mass is 290 g/mol. The molecule has 0 fully saturated rings. The predicted octanol–water partition coefficient (Wildman–Crippen LogP) is 0.998. The Morgan fingerprint density at radius 1 is 1.50 bits per heavy atom. The Bertz CT molecular complexity index is 529. The van der Waals surface area contributed by atoms with Gasteiger partial charge in [0.1, 0.15) is 4.71 Å². The van der Waals surface area contributed by atoms with E-state index in [-0.39, 0.29) is 18.2 Å². The van der Waals surface area contributed by atoms with Crippen molar-refractivity contribution >= 4 is 33.0 Å². The minimum atomic E-state index is -3.36. The molecule has 0 aliphatic heterocycles. The van der Waals surface area contributed by atoms with Gasteiger partial charge in [-0.25, -0.2) is 8.42 Å². The lowest BCUT2D eigenvalue weighted by Crippen LogP contribution is -2.31. The van der Waals surface area contributed by atoms with Crippen LogP contribution in [0.1, 0.15) is 17.3 Å². The SMILES string of the molecule is CC(Cl)S(=O)(=O)CCNC(=O)c1cccc(N)c1. The van der Waals surface area contributed by atoms with Crippen molar-refractivity contribution < 1.29 is 13.2 Å². The van der Waals surface area contributed by atoms with Gasteiger partial charge in [0.2, 0.25) is 0 Å². The summed E-state index contributed by atoms with van der Waals surface area (Å²) in [6.45, 7) is 1.41. The first-order valence-electron chi connectivity index (χ1n) is 5.32. The van der Waals surface area contributed by atoms with Gasteiger partial charge in [0.15, 0.2) is 9.84 Å². The average molecular weight is 291 g/mol. The zero-order chi connectivity index (χ0) is 13.8. The van der Waals surface area contributed by atoms with Gasteiger partial charge >= 0.3 is 0 Å². The van der Waals surface area contributed by atoms with E-state index in [4.69, 9.17) is 17.3 Å². The van der Waals surface area contributed by atoms with Crippen LogP contribution >= 0.6 is 11.6 Å². The van der Waals surface area contributed by atoms with E-state index >= 15 is 0 Å². The standard InChI is InChI=1S/C11H15ClN2O3S/c1-8(12)18(16,17)6-5-14-11(15)9-3-2-4-10(13)7-9/h2-4,7-8H,5-6,13H2,1H3,(H,14,15). The summed E-state index contributed by atoms with van der Waals surface area (Å²) >= 11 is 5.51. The lowest BCUT2D eigenvalue weighted by molar-refractivity contribution is 0.0956. The fourth-order valence-corrected chi connectivity index (χ4v) is 2.23. The molecular formula is C11H15ClN2O3S. The first-order chi connectivity index (χ1) is 8.33. The van der Waals surface area contributed by atoms with Crippen molar-refractivity contribution in [3.05, 3.63) is 29.8 Å². The second-order valence-corrected chi connectivity index (χ2v) is 7.15. The van der Waals surface area contributed by atoms with Crippen molar-refractivity contribution in [2.24, 2.45) is 0 Å². The zero-order valence-electron chi connectivity index (χ0n) is 9.89. The van der Waals surface area contributed by atoms with Crippen LogP contribution in [0.5, 0.6) is 0 Å². The van der Waals surface area contributed by atoms with Crippen molar-refractivity contribution in [3.63, 3.8) is 0 Å². The van der Waals surface area contributed by atoms with Crippen molar-refractivity contribution in [2.75, 3.05) is 18.0 Å². The molecule has 1 unspecified atom stereocenters. The highest BCUT2D eigenvalue weighted by atomic mass is 35.5. The van der Waals surface area contributed by atoms with Gasteiger partial charge < -0.3 is 11.1 Å². The zero-order valence-corrected chi connectivity index (χ0v) is 11.5. The summed E-state index contributed by atoms with van der Waals surface area (Å²) in [4.78, 5) is 11.7. The summed E-state index contributed by atoms with van der Waals surface area (Å²) in [5.41, 5.74) is 6.41.